The molecule has 0 spiro atoms. The summed E-state index contributed by atoms with van der Waals surface area (Å²) in [5.74, 6) is -0.0426. The first kappa shape index (κ1) is 16.1. The molecule has 7 nitrogen and oxygen atoms in total. The Labute approximate surface area is 142 Å². The molecule has 1 N–H and O–H groups in total. The predicted molar refractivity (Wildman–Crippen MR) is 89.7 cm³/mol. The maximum absolute atomic E-state index is 12.8. The number of nitrogens with zero attached hydrogens (tertiary/aromatic N) is 5. The summed E-state index contributed by atoms with van der Waals surface area (Å²) in [4.78, 5) is 19.2. The number of amides is 1. The second kappa shape index (κ2) is 6.46. The normalized spacial score (nSPS) is 29.0. The molecule has 2 atom stereocenters. The third-order valence-electron chi connectivity index (χ3n) is 5.58. The summed E-state index contributed by atoms with van der Waals surface area (Å²) in [5, 5.41) is 14.9. The highest BCUT2D eigenvalue weighted by Gasteiger charge is 2.39. The second-order valence-electron chi connectivity index (χ2n) is 7.42. The van der Waals surface area contributed by atoms with E-state index in [-0.39, 0.29) is 11.9 Å². The van der Waals surface area contributed by atoms with Crippen molar-refractivity contribution in [1.82, 2.24) is 24.5 Å². The van der Waals surface area contributed by atoms with E-state index in [1.807, 2.05) is 10.7 Å². The van der Waals surface area contributed by atoms with Gasteiger partial charge in [0.1, 0.15) is 0 Å². The van der Waals surface area contributed by atoms with E-state index in [4.69, 9.17) is 0 Å². The molecule has 2 saturated heterocycles. The highest BCUT2D eigenvalue weighted by molar-refractivity contribution is 5.92. The maximum atomic E-state index is 12.8. The zero-order valence-corrected chi connectivity index (χ0v) is 14.4. The van der Waals surface area contributed by atoms with Crippen LogP contribution in [0.3, 0.4) is 0 Å². The van der Waals surface area contributed by atoms with Gasteiger partial charge in [-0.1, -0.05) is 0 Å². The van der Waals surface area contributed by atoms with Crippen LogP contribution in [0.4, 0.5) is 0 Å². The van der Waals surface area contributed by atoms with Crippen molar-refractivity contribution in [3.63, 3.8) is 0 Å². The Bertz CT molecular complexity index is 610. The molecule has 0 saturated carbocycles. The van der Waals surface area contributed by atoms with Crippen molar-refractivity contribution >= 4 is 5.91 Å². The first-order valence-electron chi connectivity index (χ1n) is 9.08. The van der Waals surface area contributed by atoms with Crippen molar-refractivity contribution in [2.24, 2.45) is 0 Å². The minimum Gasteiger partial charge on any atom is -0.390 e. The van der Waals surface area contributed by atoms with Gasteiger partial charge in [0, 0.05) is 32.7 Å². The van der Waals surface area contributed by atoms with Gasteiger partial charge in [-0.2, -0.15) is 5.10 Å². The van der Waals surface area contributed by atoms with Crippen LogP contribution in [0.15, 0.2) is 6.07 Å². The zero-order valence-electron chi connectivity index (χ0n) is 14.4. The van der Waals surface area contributed by atoms with Gasteiger partial charge >= 0.3 is 0 Å². The van der Waals surface area contributed by atoms with Crippen molar-refractivity contribution in [2.75, 3.05) is 39.8 Å². The molecule has 1 amide bonds. The number of β-amino-alcohol motifs (C(OH)–C–C–N with tert-alkyl or cyclic N) is 1. The Morgan fingerprint density at radius 2 is 1.96 bits per heavy atom. The first-order valence-corrected chi connectivity index (χ1v) is 9.08. The van der Waals surface area contributed by atoms with E-state index in [0.29, 0.717) is 18.8 Å². The van der Waals surface area contributed by atoms with Gasteiger partial charge in [0.25, 0.3) is 5.91 Å². The number of aliphatic hydroxyl groups excluding tert-OH is 1. The van der Waals surface area contributed by atoms with Gasteiger partial charge in [0.2, 0.25) is 0 Å². The highest BCUT2D eigenvalue weighted by atomic mass is 16.3. The lowest BCUT2D eigenvalue weighted by Gasteiger charge is -2.25. The third kappa shape index (κ3) is 2.96. The van der Waals surface area contributed by atoms with Gasteiger partial charge in [-0.3, -0.25) is 14.4 Å². The number of carbonyl (C=O) groups is 1. The molecule has 24 heavy (non-hydrogen) atoms. The molecule has 1 aromatic heterocycles. The Balaban J connectivity index is 1.47. The molecule has 3 aliphatic heterocycles. The van der Waals surface area contributed by atoms with Crippen LogP contribution in [-0.2, 0) is 13.1 Å². The van der Waals surface area contributed by atoms with Gasteiger partial charge < -0.3 is 14.9 Å². The molecular weight excluding hydrogens is 306 g/mol. The number of aryl methyl sites for hydroxylation is 1. The number of carbonyl (C=O) groups excluding carboxylic acids is 1. The van der Waals surface area contributed by atoms with E-state index >= 15 is 0 Å². The monoisotopic (exact) mass is 333 g/mol. The molecule has 0 aliphatic carbocycles. The minimum absolute atomic E-state index is 0.0426. The summed E-state index contributed by atoms with van der Waals surface area (Å²) < 4.78 is 1.97. The molecule has 1 aromatic rings. The van der Waals surface area contributed by atoms with Gasteiger partial charge in [-0.25, -0.2) is 0 Å². The summed E-state index contributed by atoms with van der Waals surface area (Å²) >= 11 is 0. The van der Waals surface area contributed by atoms with E-state index in [1.54, 1.807) is 4.90 Å². The molecule has 7 heteroatoms. The molecule has 2 fully saturated rings. The molecule has 4 heterocycles. The zero-order chi connectivity index (χ0) is 16.7. The Kier molecular flexibility index (Phi) is 4.32. The summed E-state index contributed by atoms with van der Waals surface area (Å²) in [6.45, 7) is 5.86. The molecule has 0 unspecified atom stereocenters. The van der Waals surface area contributed by atoms with Gasteiger partial charge in [-0.05, 0) is 45.5 Å². The lowest BCUT2D eigenvalue weighted by Crippen LogP contribution is -2.41. The maximum Gasteiger partial charge on any atom is 0.274 e. The fourth-order valence-corrected chi connectivity index (χ4v) is 4.26. The Hall–Kier alpha value is -1.44. The van der Waals surface area contributed by atoms with Crippen molar-refractivity contribution < 1.29 is 9.90 Å². The second-order valence-corrected chi connectivity index (χ2v) is 7.42. The van der Waals surface area contributed by atoms with Crippen LogP contribution in [0, 0.1) is 0 Å². The van der Waals surface area contributed by atoms with E-state index in [0.717, 1.165) is 44.8 Å². The number of aromatic nitrogens is 2. The van der Waals surface area contributed by atoms with Crippen molar-refractivity contribution in [2.45, 2.75) is 44.5 Å². The third-order valence-corrected chi connectivity index (χ3v) is 5.58. The number of hydrogen-bond donors (Lipinski definition) is 1. The van der Waals surface area contributed by atoms with Gasteiger partial charge in [0.15, 0.2) is 5.69 Å². The van der Waals surface area contributed by atoms with E-state index in [1.165, 1.54) is 12.8 Å². The van der Waals surface area contributed by atoms with Crippen LogP contribution in [-0.4, -0.2) is 87.4 Å². The molecule has 0 bridgehead atoms. The quantitative estimate of drug-likeness (QED) is 0.825. The summed E-state index contributed by atoms with van der Waals surface area (Å²) in [5.41, 5.74) is 1.63. The largest absolute Gasteiger partial charge is 0.390 e. The molecular formula is C17H27N5O2. The minimum atomic E-state index is -0.446. The Morgan fingerprint density at radius 3 is 2.75 bits per heavy atom. The average Bonchev–Trinajstić information content (AvgIpc) is 3.25. The lowest BCUT2D eigenvalue weighted by atomic mass is 10.2. The molecule has 0 aromatic carbocycles. The Morgan fingerprint density at radius 1 is 1.17 bits per heavy atom. The SMILES string of the molecule is CN1CCCn2nc(C(=O)N3C[C@H](O)[C@@H](N4CCCC4)C3)cc2C1. The number of rotatable bonds is 2. The number of fused-ring (bicyclic) bond motifs is 1. The average molecular weight is 333 g/mol. The smallest absolute Gasteiger partial charge is 0.274 e. The van der Waals surface area contributed by atoms with E-state index in [2.05, 4.69) is 21.9 Å². The van der Waals surface area contributed by atoms with Crippen LogP contribution in [0.1, 0.15) is 35.4 Å². The van der Waals surface area contributed by atoms with Crippen LogP contribution in [0.25, 0.3) is 0 Å². The first-order chi connectivity index (χ1) is 11.6. The van der Waals surface area contributed by atoms with E-state index in [9.17, 15) is 9.90 Å². The van der Waals surface area contributed by atoms with Gasteiger partial charge in [0.05, 0.1) is 17.8 Å². The molecule has 132 valence electrons. The standard InChI is InChI=1S/C17H27N5O2/c1-19-5-4-8-22-13(10-19)9-14(18-22)17(24)21-11-15(16(23)12-21)20-6-2-3-7-20/h9,15-16,23H,2-8,10-12H2,1H3/t15-,16-/m0/s1. The van der Waals surface area contributed by atoms with Crippen LogP contribution < -0.4 is 0 Å². The lowest BCUT2D eigenvalue weighted by molar-refractivity contribution is 0.0756. The van der Waals surface area contributed by atoms with Crippen molar-refractivity contribution in [1.29, 1.82) is 0 Å². The summed E-state index contributed by atoms with van der Waals surface area (Å²) in [6.07, 6.45) is 2.99. The molecule has 4 rings (SSSR count). The topological polar surface area (TPSA) is 64.8 Å². The summed E-state index contributed by atoms with van der Waals surface area (Å²) in [7, 11) is 2.10. The van der Waals surface area contributed by atoms with Crippen molar-refractivity contribution in [3.8, 4) is 0 Å². The van der Waals surface area contributed by atoms with Crippen LogP contribution in [0.5, 0.6) is 0 Å². The van der Waals surface area contributed by atoms with Crippen molar-refractivity contribution in [3.05, 3.63) is 17.5 Å². The highest BCUT2D eigenvalue weighted by Crippen LogP contribution is 2.23. The molecule has 3 aliphatic rings. The number of aliphatic hydroxyl groups is 1. The fourth-order valence-electron chi connectivity index (χ4n) is 4.26. The van der Waals surface area contributed by atoms with Crippen LogP contribution >= 0.6 is 0 Å². The number of hydrogen-bond acceptors (Lipinski definition) is 5. The summed E-state index contributed by atoms with van der Waals surface area (Å²) in [6, 6.07) is 2.02. The van der Waals surface area contributed by atoms with Gasteiger partial charge in [-0.15, -0.1) is 0 Å². The fraction of sp³-hybridized carbons (Fsp3) is 0.765. The predicted octanol–water partition coefficient (Wildman–Crippen LogP) is -0.000300. The molecule has 0 radical (unpaired) electrons. The van der Waals surface area contributed by atoms with Crippen LogP contribution in [0.2, 0.25) is 0 Å². The van der Waals surface area contributed by atoms with E-state index < -0.39 is 6.10 Å². The number of likely N-dealkylation sites (tertiary alicyclic amines) is 2.